The van der Waals surface area contributed by atoms with Crippen molar-refractivity contribution in [3.8, 4) is 0 Å². The highest BCUT2D eigenvalue weighted by molar-refractivity contribution is 5.92. The molecule has 4 N–H and O–H groups in total. The molecule has 0 saturated carbocycles. The predicted octanol–water partition coefficient (Wildman–Crippen LogP) is 0.679. The number of amides is 1. The molecule has 7 nitrogen and oxygen atoms in total. The standard InChI is InChI=1S/C12H17N3O4/c16-7-1-6-13-10-3-2-9(8-14-10)15-11(17)4-5-12(18)19/h2-3,8,16H,1,4-7H2,(H,13,14)(H,15,17)(H,18,19). The van der Waals surface area contributed by atoms with Gasteiger partial charge in [-0.3, -0.25) is 9.59 Å². The van der Waals surface area contributed by atoms with E-state index < -0.39 is 5.97 Å². The predicted molar refractivity (Wildman–Crippen MR) is 69.9 cm³/mol. The molecule has 0 atom stereocenters. The number of hydrogen-bond donors (Lipinski definition) is 4. The lowest BCUT2D eigenvalue weighted by Gasteiger charge is -2.06. The quantitative estimate of drug-likeness (QED) is 0.515. The second-order valence-corrected chi connectivity index (χ2v) is 3.88. The van der Waals surface area contributed by atoms with Crippen LogP contribution in [0.1, 0.15) is 19.3 Å². The van der Waals surface area contributed by atoms with E-state index in [-0.39, 0.29) is 25.4 Å². The normalized spacial score (nSPS) is 9.95. The van der Waals surface area contributed by atoms with Crippen LogP contribution in [0, 0.1) is 0 Å². The van der Waals surface area contributed by atoms with Gasteiger partial charge in [0.1, 0.15) is 5.82 Å². The third-order valence-electron chi connectivity index (χ3n) is 2.25. The molecule has 0 aromatic carbocycles. The molecule has 0 spiro atoms. The number of anilines is 2. The Balaban J connectivity index is 2.39. The third-order valence-corrected chi connectivity index (χ3v) is 2.25. The molecular weight excluding hydrogens is 250 g/mol. The van der Waals surface area contributed by atoms with Gasteiger partial charge in [0.25, 0.3) is 0 Å². The van der Waals surface area contributed by atoms with Gasteiger partial charge in [0, 0.05) is 19.6 Å². The Labute approximate surface area is 110 Å². The minimum atomic E-state index is -1.00. The molecule has 0 fully saturated rings. The van der Waals surface area contributed by atoms with Gasteiger partial charge >= 0.3 is 5.97 Å². The Kier molecular flexibility index (Phi) is 6.31. The van der Waals surface area contributed by atoms with Gasteiger partial charge in [-0.25, -0.2) is 4.98 Å². The van der Waals surface area contributed by atoms with Crippen LogP contribution < -0.4 is 10.6 Å². The topological polar surface area (TPSA) is 112 Å². The van der Waals surface area contributed by atoms with Gasteiger partial charge in [-0.05, 0) is 18.6 Å². The van der Waals surface area contributed by atoms with E-state index in [1.165, 1.54) is 6.20 Å². The molecule has 0 bridgehead atoms. The molecule has 1 amide bonds. The summed E-state index contributed by atoms with van der Waals surface area (Å²) in [6, 6.07) is 3.37. The number of rotatable bonds is 8. The zero-order chi connectivity index (χ0) is 14.1. The number of nitrogens with zero attached hydrogens (tertiary/aromatic N) is 1. The number of carboxylic acids is 1. The summed E-state index contributed by atoms with van der Waals surface area (Å²) in [5.74, 6) is -0.709. The largest absolute Gasteiger partial charge is 0.481 e. The van der Waals surface area contributed by atoms with Crippen LogP contribution in [-0.2, 0) is 9.59 Å². The zero-order valence-electron chi connectivity index (χ0n) is 10.4. The second kappa shape index (κ2) is 8.04. The molecule has 1 aromatic rings. The highest BCUT2D eigenvalue weighted by Gasteiger charge is 2.05. The van der Waals surface area contributed by atoms with E-state index in [9.17, 15) is 9.59 Å². The lowest BCUT2D eigenvalue weighted by molar-refractivity contribution is -0.138. The van der Waals surface area contributed by atoms with Crippen LogP contribution in [0.5, 0.6) is 0 Å². The van der Waals surface area contributed by atoms with Gasteiger partial charge < -0.3 is 20.8 Å². The molecule has 1 rings (SSSR count). The Bertz CT molecular complexity index is 419. The van der Waals surface area contributed by atoms with E-state index in [1.54, 1.807) is 12.1 Å². The first kappa shape index (κ1) is 14.9. The smallest absolute Gasteiger partial charge is 0.303 e. The monoisotopic (exact) mass is 267 g/mol. The van der Waals surface area contributed by atoms with E-state index in [2.05, 4.69) is 15.6 Å². The SMILES string of the molecule is O=C(O)CCC(=O)Nc1ccc(NCCCO)nc1. The van der Waals surface area contributed by atoms with Crippen LogP contribution in [-0.4, -0.2) is 40.2 Å². The fourth-order valence-corrected chi connectivity index (χ4v) is 1.31. The van der Waals surface area contributed by atoms with E-state index >= 15 is 0 Å². The number of aliphatic hydroxyl groups is 1. The fourth-order valence-electron chi connectivity index (χ4n) is 1.31. The van der Waals surface area contributed by atoms with Crippen LogP contribution in [0.15, 0.2) is 18.3 Å². The number of hydrogen-bond acceptors (Lipinski definition) is 5. The first-order valence-electron chi connectivity index (χ1n) is 5.94. The molecular formula is C12H17N3O4. The summed E-state index contributed by atoms with van der Waals surface area (Å²) in [4.78, 5) is 25.7. The van der Waals surface area contributed by atoms with Crippen LogP contribution in [0.4, 0.5) is 11.5 Å². The van der Waals surface area contributed by atoms with Crippen molar-refractivity contribution < 1.29 is 19.8 Å². The molecule has 0 aliphatic rings. The lowest BCUT2D eigenvalue weighted by atomic mass is 10.3. The maximum absolute atomic E-state index is 11.4. The summed E-state index contributed by atoms with van der Waals surface area (Å²) in [5, 5.41) is 22.6. The molecule has 7 heteroatoms. The summed E-state index contributed by atoms with van der Waals surface area (Å²) < 4.78 is 0. The van der Waals surface area contributed by atoms with Crippen molar-refractivity contribution in [1.29, 1.82) is 0 Å². The average Bonchev–Trinajstić information content (AvgIpc) is 2.39. The number of carbonyl (C=O) groups excluding carboxylic acids is 1. The van der Waals surface area contributed by atoms with Crippen molar-refractivity contribution in [3.63, 3.8) is 0 Å². The Morgan fingerprint density at radius 1 is 1.26 bits per heavy atom. The van der Waals surface area contributed by atoms with Gasteiger partial charge in [0.15, 0.2) is 0 Å². The first-order chi connectivity index (χ1) is 9.11. The molecule has 19 heavy (non-hydrogen) atoms. The van der Waals surface area contributed by atoms with Gasteiger partial charge in [-0.2, -0.15) is 0 Å². The lowest BCUT2D eigenvalue weighted by Crippen LogP contribution is -2.13. The minimum Gasteiger partial charge on any atom is -0.481 e. The third kappa shape index (κ3) is 6.37. The van der Waals surface area contributed by atoms with Crippen molar-refractivity contribution in [2.24, 2.45) is 0 Å². The van der Waals surface area contributed by atoms with Gasteiger partial charge in [-0.15, -0.1) is 0 Å². The summed E-state index contributed by atoms with van der Waals surface area (Å²) in [5.41, 5.74) is 0.517. The fraction of sp³-hybridized carbons (Fsp3) is 0.417. The molecule has 0 unspecified atom stereocenters. The number of carbonyl (C=O) groups is 2. The summed E-state index contributed by atoms with van der Waals surface area (Å²) in [6.07, 6.45) is 1.86. The summed E-state index contributed by atoms with van der Waals surface area (Å²) in [7, 11) is 0. The van der Waals surface area contributed by atoms with Crippen molar-refractivity contribution in [2.45, 2.75) is 19.3 Å². The van der Waals surface area contributed by atoms with Crippen molar-refractivity contribution >= 4 is 23.4 Å². The summed E-state index contributed by atoms with van der Waals surface area (Å²) >= 11 is 0. The zero-order valence-corrected chi connectivity index (χ0v) is 10.4. The van der Waals surface area contributed by atoms with E-state index in [0.29, 0.717) is 24.5 Å². The maximum atomic E-state index is 11.4. The Hall–Kier alpha value is -2.15. The molecule has 1 aromatic heterocycles. The summed E-state index contributed by atoms with van der Waals surface area (Å²) in [6.45, 7) is 0.735. The molecule has 1 heterocycles. The average molecular weight is 267 g/mol. The number of aromatic nitrogens is 1. The maximum Gasteiger partial charge on any atom is 0.303 e. The molecule has 0 radical (unpaired) electrons. The Morgan fingerprint density at radius 2 is 2.05 bits per heavy atom. The molecule has 0 aliphatic carbocycles. The van der Waals surface area contributed by atoms with E-state index in [4.69, 9.17) is 10.2 Å². The van der Waals surface area contributed by atoms with Crippen molar-refractivity contribution in [3.05, 3.63) is 18.3 Å². The van der Waals surface area contributed by atoms with Gasteiger partial charge in [0.2, 0.25) is 5.91 Å². The molecule has 0 aliphatic heterocycles. The Morgan fingerprint density at radius 3 is 2.63 bits per heavy atom. The van der Waals surface area contributed by atoms with E-state index in [0.717, 1.165) is 0 Å². The van der Waals surface area contributed by atoms with E-state index in [1.807, 2.05) is 0 Å². The highest BCUT2D eigenvalue weighted by Crippen LogP contribution is 2.10. The number of nitrogens with one attached hydrogen (secondary N) is 2. The van der Waals surface area contributed by atoms with Crippen LogP contribution >= 0.6 is 0 Å². The number of pyridine rings is 1. The van der Waals surface area contributed by atoms with Gasteiger partial charge in [-0.1, -0.05) is 0 Å². The van der Waals surface area contributed by atoms with Crippen molar-refractivity contribution in [2.75, 3.05) is 23.8 Å². The number of aliphatic hydroxyl groups excluding tert-OH is 1. The minimum absolute atomic E-state index is 0.0637. The van der Waals surface area contributed by atoms with Crippen LogP contribution in [0.2, 0.25) is 0 Å². The highest BCUT2D eigenvalue weighted by atomic mass is 16.4. The number of carboxylic acid groups (broad SMARTS) is 1. The molecule has 104 valence electrons. The second-order valence-electron chi connectivity index (χ2n) is 3.88. The van der Waals surface area contributed by atoms with Crippen LogP contribution in [0.3, 0.4) is 0 Å². The molecule has 0 saturated heterocycles. The van der Waals surface area contributed by atoms with Crippen molar-refractivity contribution in [1.82, 2.24) is 4.98 Å². The first-order valence-corrected chi connectivity index (χ1v) is 5.94. The van der Waals surface area contributed by atoms with Crippen LogP contribution in [0.25, 0.3) is 0 Å². The van der Waals surface area contributed by atoms with Gasteiger partial charge in [0.05, 0.1) is 18.3 Å². The number of aliphatic carboxylic acids is 1.